The Morgan fingerprint density at radius 3 is 1.69 bits per heavy atom. The normalized spacial score (nSPS) is 11.7. The van der Waals surface area contributed by atoms with Crippen LogP contribution in [0.25, 0.3) is 115 Å². The minimum atomic E-state index is 0.598. The Morgan fingerprint density at radius 1 is 0.390 bits per heavy atom. The summed E-state index contributed by atoms with van der Waals surface area (Å²) in [6.45, 7) is 0. The zero-order chi connectivity index (χ0) is 38.9. The van der Waals surface area contributed by atoms with Gasteiger partial charge in [-0.1, -0.05) is 140 Å². The van der Waals surface area contributed by atoms with Gasteiger partial charge in [0.1, 0.15) is 10.5 Å². The molecule has 0 radical (unpaired) electrons. The molecule has 0 saturated heterocycles. The highest BCUT2D eigenvalue weighted by Crippen LogP contribution is 2.40. The number of nitrogens with zero attached hydrogens (tertiary/aromatic N) is 3. The van der Waals surface area contributed by atoms with E-state index in [2.05, 4.69) is 193 Å². The van der Waals surface area contributed by atoms with Crippen LogP contribution in [-0.2, 0) is 0 Å². The number of oxazole rings is 1. The molecule has 59 heavy (non-hydrogen) atoms. The van der Waals surface area contributed by atoms with Gasteiger partial charge < -0.3 is 8.98 Å². The van der Waals surface area contributed by atoms with Crippen molar-refractivity contribution in [1.82, 2.24) is 14.5 Å². The molecule has 4 nitrogen and oxygen atoms in total. The first-order valence-corrected chi connectivity index (χ1v) is 20.6. The Kier molecular flexibility index (Phi) is 7.68. The Labute approximate surface area is 343 Å². The Hall–Kier alpha value is -7.60. The summed E-state index contributed by atoms with van der Waals surface area (Å²) in [6.07, 6.45) is 0. The molecule has 276 valence electrons. The van der Waals surface area contributed by atoms with E-state index in [1.807, 2.05) is 12.1 Å². The number of fused-ring (bicyclic) bond motifs is 6. The molecule has 0 unspecified atom stereocenters. The lowest BCUT2D eigenvalue weighted by atomic mass is 10.0. The molecule has 0 bridgehead atoms. The number of benzene rings is 9. The maximum absolute atomic E-state index is 6.42. The van der Waals surface area contributed by atoms with E-state index >= 15 is 0 Å². The minimum Gasteiger partial charge on any atom is -0.436 e. The van der Waals surface area contributed by atoms with Gasteiger partial charge in [0, 0.05) is 27.6 Å². The van der Waals surface area contributed by atoms with Crippen LogP contribution in [0.2, 0.25) is 0 Å². The number of aromatic nitrogens is 3. The largest absolute Gasteiger partial charge is 0.436 e. The summed E-state index contributed by atoms with van der Waals surface area (Å²) in [5.41, 5.74) is 14.9. The van der Waals surface area contributed by atoms with Gasteiger partial charge in [-0.3, -0.25) is 0 Å². The average molecular weight is 772 g/mol. The van der Waals surface area contributed by atoms with Crippen molar-refractivity contribution in [3.63, 3.8) is 0 Å². The van der Waals surface area contributed by atoms with Gasteiger partial charge in [0.05, 0.1) is 21.3 Å². The molecule has 3 heterocycles. The van der Waals surface area contributed by atoms with Crippen LogP contribution in [0.4, 0.5) is 0 Å². The summed E-state index contributed by atoms with van der Waals surface area (Å²) in [5.74, 6) is 0.598. The monoisotopic (exact) mass is 771 g/mol. The molecule has 12 aromatic rings. The number of rotatable bonds is 6. The number of thiazole rings is 1. The lowest BCUT2D eigenvalue weighted by Gasteiger charge is -2.11. The summed E-state index contributed by atoms with van der Waals surface area (Å²) >= 11 is 1.73. The lowest BCUT2D eigenvalue weighted by molar-refractivity contribution is 0.620. The molecule has 0 N–H and O–H groups in total. The molecule has 0 aliphatic carbocycles. The molecule has 3 aromatic heterocycles. The van der Waals surface area contributed by atoms with Crippen LogP contribution >= 0.6 is 11.3 Å². The van der Waals surface area contributed by atoms with Crippen LogP contribution in [-0.4, -0.2) is 14.5 Å². The second-order valence-corrected chi connectivity index (χ2v) is 16.1. The van der Waals surface area contributed by atoms with E-state index in [1.165, 1.54) is 43.1 Å². The van der Waals surface area contributed by atoms with Gasteiger partial charge in [0.2, 0.25) is 5.89 Å². The second-order valence-electron chi connectivity index (χ2n) is 15.0. The van der Waals surface area contributed by atoms with Crippen molar-refractivity contribution in [3.8, 4) is 61.1 Å². The highest BCUT2D eigenvalue weighted by atomic mass is 32.1. The van der Waals surface area contributed by atoms with Gasteiger partial charge in [0.15, 0.2) is 5.58 Å². The molecule has 9 aromatic carbocycles. The highest BCUT2D eigenvalue weighted by molar-refractivity contribution is 7.21. The molecule has 0 aliphatic rings. The maximum Gasteiger partial charge on any atom is 0.227 e. The maximum atomic E-state index is 6.42. The van der Waals surface area contributed by atoms with E-state index in [1.54, 1.807) is 11.3 Å². The quantitative estimate of drug-likeness (QED) is 0.169. The standard InChI is InChI=1S/C54H33N3OS/c1-3-9-34(10-4-1)40-21-27-51-47(30-40)55-53(58-51)42-19-25-45-46-26-20-43(54-56-48-31-41(22-28-52(48)59-54)35-11-5-2-6-12-35)33-50(46)57(49(45)32-42)44-23-17-37(18-24-44)39-16-15-36-13-7-8-14-38(36)29-39/h1-33H. The number of hydrogen-bond donors (Lipinski definition) is 0. The number of hydrogen-bond acceptors (Lipinski definition) is 4. The Balaban J connectivity index is 1.00. The molecule has 0 atom stereocenters. The van der Waals surface area contributed by atoms with Gasteiger partial charge in [-0.15, -0.1) is 11.3 Å². The van der Waals surface area contributed by atoms with E-state index in [4.69, 9.17) is 14.4 Å². The Morgan fingerprint density at radius 2 is 0.949 bits per heavy atom. The Bertz CT molecular complexity index is 3370. The predicted octanol–water partition coefficient (Wildman–Crippen LogP) is 15.0. The third-order valence-corrected chi connectivity index (χ3v) is 12.5. The summed E-state index contributed by atoms with van der Waals surface area (Å²) in [7, 11) is 0. The van der Waals surface area contributed by atoms with Crippen molar-refractivity contribution in [2.24, 2.45) is 0 Å². The van der Waals surface area contributed by atoms with Gasteiger partial charge >= 0.3 is 0 Å². The second kappa shape index (κ2) is 13.5. The molecule has 0 aliphatic heterocycles. The third kappa shape index (κ3) is 5.82. The molecule has 12 rings (SSSR count). The van der Waals surface area contributed by atoms with Gasteiger partial charge in [-0.05, 0) is 105 Å². The third-order valence-electron chi connectivity index (χ3n) is 11.5. The SMILES string of the molecule is c1ccc(-c2ccc3oc(-c4ccc5c6ccc(-c7nc8cc(-c9ccccc9)ccc8s7)cc6n(-c6ccc(-c7ccc8ccccc8c7)cc6)c5c4)nc3c2)cc1. The summed E-state index contributed by atoms with van der Waals surface area (Å²) in [6, 6.07) is 71.1. The van der Waals surface area contributed by atoms with Crippen molar-refractivity contribution >= 4 is 65.2 Å². The van der Waals surface area contributed by atoms with Crippen LogP contribution in [0, 0.1) is 0 Å². The average Bonchev–Trinajstić information content (AvgIpc) is 4.02. The molecule has 0 fully saturated rings. The van der Waals surface area contributed by atoms with Crippen LogP contribution in [0.5, 0.6) is 0 Å². The van der Waals surface area contributed by atoms with Crippen molar-refractivity contribution in [2.75, 3.05) is 0 Å². The fourth-order valence-corrected chi connectivity index (χ4v) is 9.40. The lowest BCUT2D eigenvalue weighted by Crippen LogP contribution is -1.94. The topological polar surface area (TPSA) is 43.9 Å². The zero-order valence-corrected chi connectivity index (χ0v) is 32.5. The minimum absolute atomic E-state index is 0.598. The first-order valence-electron chi connectivity index (χ1n) is 19.8. The van der Waals surface area contributed by atoms with E-state index in [0.717, 1.165) is 66.0 Å². The highest BCUT2D eigenvalue weighted by Gasteiger charge is 2.18. The smallest absolute Gasteiger partial charge is 0.227 e. The summed E-state index contributed by atoms with van der Waals surface area (Å²) < 4.78 is 9.97. The van der Waals surface area contributed by atoms with Crippen LogP contribution in [0.1, 0.15) is 0 Å². The molecule has 0 spiro atoms. The van der Waals surface area contributed by atoms with Gasteiger partial charge in [0.25, 0.3) is 0 Å². The van der Waals surface area contributed by atoms with E-state index in [-0.39, 0.29) is 0 Å². The zero-order valence-electron chi connectivity index (χ0n) is 31.7. The van der Waals surface area contributed by atoms with E-state index < -0.39 is 0 Å². The van der Waals surface area contributed by atoms with Crippen molar-refractivity contribution in [2.45, 2.75) is 0 Å². The fraction of sp³-hybridized carbons (Fsp3) is 0. The van der Waals surface area contributed by atoms with Crippen molar-refractivity contribution in [3.05, 3.63) is 200 Å². The predicted molar refractivity (Wildman–Crippen MR) is 246 cm³/mol. The first-order chi connectivity index (χ1) is 29.2. The molecule has 0 amide bonds. The van der Waals surface area contributed by atoms with Gasteiger partial charge in [-0.2, -0.15) is 0 Å². The van der Waals surface area contributed by atoms with E-state index in [9.17, 15) is 0 Å². The van der Waals surface area contributed by atoms with E-state index in [0.29, 0.717) is 5.89 Å². The summed E-state index contributed by atoms with van der Waals surface area (Å²) in [5, 5.41) is 5.81. The van der Waals surface area contributed by atoms with Crippen LogP contribution < -0.4 is 0 Å². The molecular weight excluding hydrogens is 739 g/mol. The molecule has 5 heteroatoms. The van der Waals surface area contributed by atoms with Crippen molar-refractivity contribution < 1.29 is 4.42 Å². The van der Waals surface area contributed by atoms with Crippen LogP contribution in [0.3, 0.4) is 0 Å². The molecular formula is C54H33N3OS. The van der Waals surface area contributed by atoms with Gasteiger partial charge in [-0.25, -0.2) is 9.97 Å². The van der Waals surface area contributed by atoms with Crippen molar-refractivity contribution in [1.29, 1.82) is 0 Å². The molecule has 0 saturated carbocycles. The van der Waals surface area contributed by atoms with Crippen LogP contribution in [0.15, 0.2) is 205 Å². The first kappa shape index (κ1) is 33.5. The summed E-state index contributed by atoms with van der Waals surface area (Å²) in [4.78, 5) is 10.2. The fourth-order valence-electron chi connectivity index (χ4n) is 8.46.